The van der Waals surface area contributed by atoms with E-state index in [-0.39, 0.29) is 23.9 Å². The second-order valence-electron chi connectivity index (χ2n) is 3.69. The number of urea groups is 1. The van der Waals surface area contributed by atoms with Crippen LogP contribution in [0.1, 0.15) is 13.3 Å². The maximum absolute atomic E-state index is 11.4. The molecule has 4 nitrogen and oxygen atoms in total. The number of amides is 3. The summed E-state index contributed by atoms with van der Waals surface area (Å²) in [6.45, 7) is 2.07. The molecule has 70 valence electrons. The third-order valence-corrected chi connectivity index (χ3v) is 2.58. The molecule has 13 heavy (non-hydrogen) atoms. The molecule has 0 aromatic heterocycles. The van der Waals surface area contributed by atoms with Crippen LogP contribution in [-0.4, -0.2) is 18.0 Å². The number of hydrogen-bond donors (Lipinski definition) is 2. The van der Waals surface area contributed by atoms with E-state index in [4.69, 9.17) is 0 Å². The van der Waals surface area contributed by atoms with Gasteiger partial charge in [-0.05, 0) is 12.3 Å². The Morgan fingerprint density at radius 1 is 1.38 bits per heavy atom. The second-order valence-corrected chi connectivity index (χ2v) is 3.69. The number of allylic oxidation sites excluding steroid dienone is 1. The van der Waals surface area contributed by atoms with E-state index < -0.39 is 0 Å². The maximum Gasteiger partial charge on any atom is 0.321 e. The SMILES string of the molecule is CC1C=CC2NC(=O)NC(=O)C2C1. The van der Waals surface area contributed by atoms with Gasteiger partial charge in [0.1, 0.15) is 0 Å². The van der Waals surface area contributed by atoms with E-state index in [2.05, 4.69) is 17.6 Å². The quantitative estimate of drug-likeness (QED) is 0.530. The van der Waals surface area contributed by atoms with E-state index in [0.717, 1.165) is 6.42 Å². The lowest BCUT2D eigenvalue weighted by molar-refractivity contribution is -0.125. The molecule has 0 aromatic carbocycles. The molecule has 1 heterocycles. The highest BCUT2D eigenvalue weighted by Gasteiger charge is 2.36. The maximum atomic E-state index is 11.4. The molecule has 1 fully saturated rings. The first-order valence-corrected chi connectivity index (χ1v) is 4.46. The molecule has 1 aliphatic carbocycles. The Labute approximate surface area is 76.4 Å². The fraction of sp³-hybridized carbons (Fsp3) is 0.556. The Balaban J connectivity index is 2.21. The molecule has 4 heteroatoms. The van der Waals surface area contributed by atoms with Crippen molar-refractivity contribution in [1.29, 1.82) is 0 Å². The van der Waals surface area contributed by atoms with Gasteiger partial charge in [-0.3, -0.25) is 10.1 Å². The van der Waals surface area contributed by atoms with Crippen LogP contribution in [0.25, 0.3) is 0 Å². The molecule has 3 amide bonds. The molecule has 1 aliphatic heterocycles. The van der Waals surface area contributed by atoms with Crippen LogP contribution in [0.3, 0.4) is 0 Å². The van der Waals surface area contributed by atoms with Crippen LogP contribution in [-0.2, 0) is 4.79 Å². The minimum Gasteiger partial charge on any atom is -0.331 e. The number of hydrogen-bond acceptors (Lipinski definition) is 2. The summed E-state index contributed by atoms with van der Waals surface area (Å²) in [5.41, 5.74) is 0. The molecule has 3 unspecified atom stereocenters. The topological polar surface area (TPSA) is 58.2 Å². The number of carbonyl (C=O) groups is 2. The van der Waals surface area contributed by atoms with Crippen LogP contribution in [0.15, 0.2) is 12.2 Å². The lowest BCUT2D eigenvalue weighted by Crippen LogP contribution is -2.58. The van der Waals surface area contributed by atoms with E-state index >= 15 is 0 Å². The first-order valence-electron chi connectivity index (χ1n) is 4.46. The van der Waals surface area contributed by atoms with Gasteiger partial charge in [0.2, 0.25) is 5.91 Å². The molecule has 2 N–H and O–H groups in total. The van der Waals surface area contributed by atoms with Gasteiger partial charge in [0.25, 0.3) is 0 Å². The third kappa shape index (κ3) is 1.43. The predicted molar refractivity (Wildman–Crippen MR) is 46.9 cm³/mol. The van der Waals surface area contributed by atoms with Crippen LogP contribution in [0.5, 0.6) is 0 Å². The largest absolute Gasteiger partial charge is 0.331 e. The standard InChI is InChI=1S/C9H12N2O2/c1-5-2-3-7-6(4-5)8(12)11-9(13)10-7/h2-3,5-7H,4H2,1H3,(H2,10,11,12,13). The van der Waals surface area contributed by atoms with Gasteiger partial charge >= 0.3 is 6.03 Å². The zero-order valence-electron chi connectivity index (χ0n) is 7.41. The first-order chi connectivity index (χ1) is 6.16. The van der Waals surface area contributed by atoms with E-state index in [1.54, 1.807) is 0 Å². The summed E-state index contributed by atoms with van der Waals surface area (Å²) in [6, 6.07) is -0.483. The fourth-order valence-electron chi connectivity index (χ4n) is 1.88. The van der Waals surface area contributed by atoms with Crippen LogP contribution in [0.4, 0.5) is 4.79 Å². The van der Waals surface area contributed by atoms with Crippen molar-refractivity contribution in [2.75, 3.05) is 0 Å². The summed E-state index contributed by atoms with van der Waals surface area (Å²) in [6.07, 6.45) is 4.77. The van der Waals surface area contributed by atoms with Crippen molar-refractivity contribution in [2.24, 2.45) is 11.8 Å². The Kier molecular flexibility index (Phi) is 1.83. The average molecular weight is 180 g/mol. The van der Waals surface area contributed by atoms with E-state index in [1.165, 1.54) is 0 Å². The smallest absolute Gasteiger partial charge is 0.321 e. The summed E-state index contributed by atoms with van der Waals surface area (Å²) >= 11 is 0. The lowest BCUT2D eigenvalue weighted by atomic mass is 9.82. The molecule has 0 aromatic rings. The average Bonchev–Trinajstić information content (AvgIpc) is 2.06. The van der Waals surface area contributed by atoms with Crippen LogP contribution >= 0.6 is 0 Å². The highest BCUT2D eigenvalue weighted by atomic mass is 16.2. The Hall–Kier alpha value is -1.32. The van der Waals surface area contributed by atoms with Gasteiger partial charge in [-0.1, -0.05) is 19.1 Å². The second kappa shape index (κ2) is 2.87. The molecule has 0 saturated carbocycles. The van der Waals surface area contributed by atoms with E-state index in [0.29, 0.717) is 5.92 Å². The van der Waals surface area contributed by atoms with Crippen molar-refractivity contribution in [3.63, 3.8) is 0 Å². The van der Waals surface area contributed by atoms with Gasteiger partial charge in [-0.2, -0.15) is 0 Å². The Bertz CT molecular complexity index is 285. The van der Waals surface area contributed by atoms with Gasteiger partial charge in [0, 0.05) is 0 Å². The van der Waals surface area contributed by atoms with Gasteiger partial charge in [-0.15, -0.1) is 0 Å². The predicted octanol–water partition coefficient (Wildman–Crippen LogP) is 0.407. The van der Waals surface area contributed by atoms with Crippen molar-refractivity contribution in [1.82, 2.24) is 10.6 Å². The molecular weight excluding hydrogens is 168 g/mol. The van der Waals surface area contributed by atoms with Gasteiger partial charge < -0.3 is 5.32 Å². The number of imide groups is 1. The molecule has 0 spiro atoms. The first kappa shape index (κ1) is 8.29. The van der Waals surface area contributed by atoms with Crippen LogP contribution in [0, 0.1) is 11.8 Å². The summed E-state index contributed by atoms with van der Waals surface area (Å²) in [5, 5.41) is 4.99. The van der Waals surface area contributed by atoms with Gasteiger partial charge in [0.15, 0.2) is 0 Å². The molecule has 2 rings (SSSR count). The molecule has 0 bridgehead atoms. The molecular formula is C9H12N2O2. The van der Waals surface area contributed by atoms with Crippen molar-refractivity contribution in [3.8, 4) is 0 Å². The van der Waals surface area contributed by atoms with Gasteiger partial charge in [-0.25, -0.2) is 4.79 Å². The minimum atomic E-state index is -0.384. The molecule has 2 aliphatic rings. The van der Waals surface area contributed by atoms with Crippen molar-refractivity contribution in [3.05, 3.63) is 12.2 Å². The Morgan fingerprint density at radius 3 is 2.92 bits per heavy atom. The van der Waals surface area contributed by atoms with E-state index in [1.807, 2.05) is 12.2 Å². The summed E-state index contributed by atoms with van der Waals surface area (Å²) in [4.78, 5) is 22.3. The molecule has 0 radical (unpaired) electrons. The van der Waals surface area contributed by atoms with Gasteiger partial charge in [0.05, 0.1) is 12.0 Å². The highest BCUT2D eigenvalue weighted by Crippen LogP contribution is 2.25. The number of carbonyl (C=O) groups excluding carboxylic acids is 2. The monoisotopic (exact) mass is 180 g/mol. The minimum absolute atomic E-state index is 0.0855. The summed E-state index contributed by atoms with van der Waals surface area (Å²) in [7, 11) is 0. The zero-order valence-corrected chi connectivity index (χ0v) is 7.41. The van der Waals surface area contributed by atoms with Crippen LogP contribution in [0.2, 0.25) is 0 Å². The van der Waals surface area contributed by atoms with Crippen molar-refractivity contribution >= 4 is 11.9 Å². The zero-order chi connectivity index (χ0) is 9.42. The fourth-order valence-corrected chi connectivity index (χ4v) is 1.88. The number of nitrogens with one attached hydrogen (secondary N) is 2. The number of rotatable bonds is 0. The highest BCUT2D eigenvalue weighted by molar-refractivity contribution is 5.98. The van der Waals surface area contributed by atoms with E-state index in [9.17, 15) is 9.59 Å². The molecule has 3 atom stereocenters. The Morgan fingerprint density at radius 2 is 2.15 bits per heavy atom. The summed E-state index contributed by atoms with van der Waals surface area (Å²) in [5.74, 6) is 0.185. The lowest BCUT2D eigenvalue weighted by Gasteiger charge is -2.33. The molecule has 1 saturated heterocycles. The van der Waals surface area contributed by atoms with Crippen molar-refractivity contribution < 1.29 is 9.59 Å². The third-order valence-electron chi connectivity index (χ3n) is 2.58. The number of fused-ring (bicyclic) bond motifs is 1. The summed E-state index contributed by atoms with van der Waals surface area (Å²) < 4.78 is 0. The normalized spacial score (nSPS) is 37.8. The van der Waals surface area contributed by atoms with Crippen molar-refractivity contribution in [2.45, 2.75) is 19.4 Å². The van der Waals surface area contributed by atoms with Crippen LogP contribution < -0.4 is 10.6 Å².